The zero-order chi connectivity index (χ0) is 12.3. The molecule has 0 aliphatic carbocycles. The van der Waals surface area contributed by atoms with Crippen molar-refractivity contribution in [2.24, 2.45) is 0 Å². The van der Waals surface area contributed by atoms with Crippen LogP contribution in [0, 0.1) is 5.82 Å². The van der Waals surface area contributed by atoms with Crippen LogP contribution in [0.2, 0.25) is 0 Å². The number of pyridine rings is 1. The largest absolute Gasteiger partial charge is 0.419 e. The smallest absolute Gasteiger partial charge is 0.250 e. The lowest BCUT2D eigenvalue weighted by atomic mass is 10.2. The van der Waals surface area contributed by atoms with Crippen LogP contribution in [0.3, 0.4) is 0 Å². The molecule has 1 atom stereocenters. The number of nitrogens with zero attached hydrogens (tertiary/aromatic N) is 3. The van der Waals surface area contributed by atoms with Gasteiger partial charge in [0, 0.05) is 6.20 Å². The van der Waals surface area contributed by atoms with E-state index in [-0.39, 0.29) is 17.5 Å². The van der Waals surface area contributed by atoms with E-state index in [4.69, 9.17) is 4.42 Å². The molecule has 0 saturated heterocycles. The van der Waals surface area contributed by atoms with E-state index in [1.807, 2.05) is 14.0 Å². The maximum atomic E-state index is 13.4. The SMILES string of the molecule is CCC(NC)c1nnc(-c2ccncc2F)o1. The molecule has 90 valence electrons. The van der Waals surface area contributed by atoms with Crippen molar-refractivity contribution in [1.29, 1.82) is 0 Å². The molecule has 0 aliphatic heterocycles. The molecular weight excluding hydrogens is 223 g/mol. The van der Waals surface area contributed by atoms with E-state index in [0.29, 0.717) is 5.89 Å². The molecule has 2 rings (SSSR count). The molecule has 0 radical (unpaired) electrons. The first kappa shape index (κ1) is 11.7. The topological polar surface area (TPSA) is 63.8 Å². The quantitative estimate of drug-likeness (QED) is 0.878. The summed E-state index contributed by atoms with van der Waals surface area (Å²) in [6.45, 7) is 2.00. The van der Waals surface area contributed by atoms with Crippen LogP contribution in [0.25, 0.3) is 11.5 Å². The lowest BCUT2D eigenvalue weighted by Crippen LogP contribution is -2.15. The summed E-state index contributed by atoms with van der Waals surface area (Å²) in [6, 6.07) is 1.49. The van der Waals surface area contributed by atoms with Gasteiger partial charge >= 0.3 is 0 Å². The van der Waals surface area contributed by atoms with Gasteiger partial charge in [0.05, 0.1) is 17.8 Å². The van der Waals surface area contributed by atoms with Crippen molar-refractivity contribution < 1.29 is 8.81 Å². The second-order valence-corrected chi connectivity index (χ2v) is 3.55. The van der Waals surface area contributed by atoms with Crippen LogP contribution < -0.4 is 5.32 Å². The highest BCUT2D eigenvalue weighted by molar-refractivity contribution is 5.52. The molecule has 5 nitrogen and oxygen atoms in total. The first-order valence-electron chi connectivity index (χ1n) is 5.36. The van der Waals surface area contributed by atoms with Crippen molar-refractivity contribution in [2.45, 2.75) is 19.4 Å². The second-order valence-electron chi connectivity index (χ2n) is 3.55. The van der Waals surface area contributed by atoms with Crippen LogP contribution in [0.15, 0.2) is 22.9 Å². The zero-order valence-corrected chi connectivity index (χ0v) is 9.64. The van der Waals surface area contributed by atoms with Gasteiger partial charge in [-0.2, -0.15) is 0 Å². The fourth-order valence-electron chi connectivity index (χ4n) is 1.54. The molecule has 0 spiro atoms. The van der Waals surface area contributed by atoms with E-state index in [9.17, 15) is 4.39 Å². The number of hydrogen-bond donors (Lipinski definition) is 1. The van der Waals surface area contributed by atoms with Gasteiger partial charge in [0.2, 0.25) is 5.89 Å². The molecule has 2 heterocycles. The molecule has 0 saturated carbocycles. The van der Waals surface area contributed by atoms with Crippen LogP contribution in [0.4, 0.5) is 4.39 Å². The van der Waals surface area contributed by atoms with E-state index < -0.39 is 5.82 Å². The van der Waals surface area contributed by atoms with Crippen LogP contribution in [-0.4, -0.2) is 22.2 Å². The van der Waals surface area contributed by atoms with Gasteiger partial charge in [-0.05, 0) is 19.5 Å². The summed E-state index contributed by atoms with van der Waals surface area (Å²) in [7, 11) is 1.81. The summed E-state index contributed by atoms with van der Waals surface area (Å²) in [4.78, 5) is 3.67. The first-order valence-corrected chi connectivity index (χ1v) is 5.36. The van der Waals surface area contributed by atoms with Crippen LogP contribution in [0.1, 0.15) is 25.3 Å². The molecule has 0 amide bonds. The van der Waals surface area contributed by atoms with Crippen molar-refractivity contribution in [3.05, 3.63) is 30.2 Å². The minimum absolute atomic E-state index is 0.0128. The van der Waals surface area contributed by atoms with E-state index in [2.05, 4.69) is 20.5 Å². The van der Waals surface area contributed by atoms with Crippen LogP contribution >= 0.6 is 0 Å². The van der Waals surface area contributed by atoms with E-state index >= 15 is 0 Å². The Morgan fingerprint density at radius 3 is 2.94 bits per heavy atom. The van der Waals surface area contributed by atoms with Crippen molar-refractivity contribution in [3.8, 4) is 11.5 Å². The highest BCUT2D eigenvalue weighted by Crippen LogP contribution is 2.23. The highest BCUT2D eigenvalue weighted by atomic mass is 19.1. The molecule has 0 bridgehead atoms. The Morgan fingerprint density at radius 2 is 2.29 bits per heavy atom. The minimum Gasteiger partial charge on any atom is -0.419 e. The summed E-state index contributed by atoms with van der Waals surface area (Å²) in [5.41, 5.74) is 0.268. The van der Waals surface area contributed by atoms with Crippen molar-refractivity contribution in [2.75, 3.05) is 7.05 Å². The molecule has 0 fully saturated rings. The number of aromatic nitrogens is 3. The molecule has 1 unspecified atom stereocenters. The second kappa shape index (κ2) is 5.01. The third-order valence-corrected chi connectivity index (χ3v) is 2.50. The number of nitrogens with one attached hydrogen (secondary N) is 1. The number of rotatable bonds is 4. The summed E-state index contributed by atoms with van der Waals surface area (Å²) in [6.07, 6.45) is 3.42. The lowest BCUT2D eigenvalue weighted by molar-refractivity contribution is 0.414. The molecule has 6 heteroatoms. The first-order chi connectivity index (χ1) is 8.26. The Kier molecular flexibility index (Phi) is 3.43. The summed E-state index contributed by atoms with van der Waals surface area (Å²) in [5, 5.41) is 10.8. The Hall–Kier alpha value is -1.82. The fourth-order valence-corrected chi connectivity index (χ4v) is 1.54. The Labute approximate surface area is 98.1 Å². The van der Waals surface area contributed by atoms with E-state index in [0.717, 1.165) is 12.6 Å². The third-order valence-electron chi connectivity index (χ3n) is 2.50. The molecular formula is C11H13FN4O. The van der Waals surface area contributed by atoms with Gasteiger partial charge in [0.25, 0.3) is 5.89 Å². The lowest BCUT2D eigenvalue weighted by Gasteiger charge is -2.07. The summed E-state index contributed by atoms with van der Waals surface area (Å²) >= 11 is 0. The fraction of sp³-hybridized carbons (Fsp3) is 0.364. The Balaban J connectivity index is 2.33. The van der Waals surface area contributed by atoms with Gasteiger partial charge in [0.15, 0.2) is 5.82 Å². The molecule has 0 aromatic carbocycles. The number of halogens is 1. The van der Waals surface area contributed by atoms with Gasteiger partial charge in [0.1, 0.15) is 0 Å². The van der Waals surface area contributed by atoms with Gasteiger partial charge in [-0.15, -0.1) is 10.2 Å². The molecule has 17 heavy (non-hydrogen) atoms. The molecule has 1 N–H and O–H groups in total. The standard InChI is InChI=1S/C11H13FN4O/c1-3-9(13-2)11-16-15-10(17-11)7-4-5-14-6-8(7)12/h4-6,9,13H,3H2,1-2H3. The minimum atomic E-state index is -0.472. The average molecular weight is 236 g/mol. The predicted octanol–water partition coefficient (Wildman–Crippen LogP) is 1.94. The van der Waals surface area contributed by atoms with E-state index in [1.165, 1.54) is 12.3 Å². The Bertz CT molecular complexity index is 496. The van der Waals surface area contributed by atoms with Crippen molar-refractivity contribution in [1.82, 2.24) is 20.5 Å². The maximum absolute atomic E-state index is 13.4. The Morgan fingerprint density at radius 1 is 1.47 bits per heavy atom. The van der Waals surface area contributed by atoms with Gasteiger partial charge in [-0.1, -0.05) is 6.92 Å². The molecule has 0 aliphatic rings. The van der Waals surface area contributed by atoms with Gasteiger partial charge < -0.3 is 9.73 Å². The third kappa shape index (κ3) is 2.31. The van der Waals surface area contributed by atoms with Gasteiger partial charge in [-0.25, -0.2) is 4.39 Å². The van der Waals surface area contributed by atoms with Crippen LogP contribution in [-0.2, 0) is 0 Å². The zero-order valence-electron chi connectivity index (χ0n) is 9.64. The maximum Gasteiger partial charge on any atom is 0.250 e. The molecule has 2 aromatic heterocycles. The summed E-state index contributed by atoms with van der Waals surface area (Å²) in [5.74, 6) is 0.162. The molecule has 2 aromatic rings. The average Bonchev–Trinajstić information content (AvgIpc) is 2.81. The van der Waals surface area contributed by atoms with Crippen molar-refractivity contribution >= 4 is 0 Å². The predicted molar refractivity (Wildman–Crippen MR) is 59.6 cm³/mol. The summed E-state index contributed by atoms with van der Waals surface area (Å²) < 4.78 is 18.9. The van der Waals surface area contributed by atoms with Crippen LogP contribution in [0.5, 0.6) is 0 Å². The highest BCUT2D eigenvalue weighted by Gasteiger charge is 2.17. The van der Waals surface area contributed by atoms with E-state index in [1.54, 1.807) is 0 Å². The van der Waals surface area contributed by atoms with Gasteiger partial charge in [-0.3, -0.25) is 4.98 Å². The normalized spacial score (nSPS) is 12.6. The van der Waals surface area contributed by atoms with Crippen molar-refractivity contribution in [3.63, 3.8) is 0 Å². The number of hydrogen-bond acceptors (Lipinski definition) is 5. The monoisotopic (exact) mass is 236 g/mol.